The number of nitrogens with zero attached hydrogens (tertiary/aromatic N) is 2. The molecule has 0 aliphatic carbocycles. The Kier molecular flexibility index (Phi) is 12.4. The maximum atomic E-state index is 13.4. The summed E-state index contributed by atoms with van der Waals surface area (Å²) in [4.78, 5) is 76.5. The van der Waals surface area contributed by atoms with E-state index in [1.165, 1.54) is 12.5 Å². The van der Waals surface area contributed by atoms with E-state index in [2.05, 4.69) is 35.9 Å². The van der Waals surface area contributed by atoms with Crippen LogP contribution in [0.2, 0.25) is 0 Å². The number of aliphatic imine (C=N–C) groups is 1. The van der Waals surface area contributed by atoms with Crippen molar-refractivity contribution in [2.75, 3.05) is 6.54 Å². The number of benzene rings is 1. The molecule has 0 aliphatic rings. The van der Waals surface area contributed by atoms with E-state index in [0.717, 1.165) is 16.5 Å². The first-order chi connectivity index (χ1) is 21.4. The molecule has 3 aromatic rings. The minimum absolute atomic E-state index is 0.00950. The van der Waals surface area contributed by atoms with Crippen LogP contribution in [0.15, 0.2) is 48.0 Å². The van der Waals surface area contributed by atoms with Crippen LogP contribution < -0.4 is 33.2 Å². The van der Waals surface area contributed by atoms with Crippen LogP contribution >= 0.6 is 0 Å². The van der Waals surface area contributed by atoms with E-state index in [1.54, 1.807) is 6.20 Å². The smallest absolute Gasteiger partial charge is 0.326 e. The molecule has 4 atom stereocenters. The molecule has 0 saturated heterocycles. The number of amides is 3. The number of nitrogens with two attached hydrogens (primary N) is 3. The summed E-state index contributed by atoms with van der Waals surface area (Å²) < 4.78 is 0. The van der Waals surface area contributed by atoms with Crippen molar-refractivity contribution >= 4 is 46.5 Å². The topological polar surface area (TPSA) is 297 Å². The average Bonchev–Trinajstić information content (AvgIpc) is 3.66. The Balaban J connectivity index is 1.73. The van der Waals surface area contributed by atoms with Crippen molar-refractivity contribution in [1.29, 1.82) is 0 Å². The second-order valence-electron chi connectivity index (χ2n) is 10.4. The van der Waals surface area contributed by atoms with E-state index < -0.39 is 60.2 Å². The summed E-state index contributed by atoms with van der Waals surface area (Å²) in [6, 6.07) is 2.36. The zero-order chi connectivity index (χ0) is 32.9. The number of rotatable bonds is 18. The van der Waals surface area contributed by atoms with Gasteiger partial charge in [-0.25, -0.2) is 9.78 Å². The van der Waals surface area contributed by atoms with Crippen molar-refractivity contribution in [3.8, 4) is 0 Å². The molecule has 0 fully saturated rings. The molecule has 17 heteroatoms. The third-order valence-corrected chi connectivity index (χ3v) is 6.90. The Bertz CT molecular complexity index is 1500. The van der Waals surface area contributed by atoms with Gasteiger partial charge in [0, 0.05) is 48.4 Å². The van der Waals surface area contributed by atoms with Crippen molar-refractivity contribution < 1.29 is 34.2 Å². The van der Waals surface area contributed by atoms with Gasteiger partial charge in [-0.15, -0.1) is 0 Å². The van der Waals surface area contributed by atoms with Crippen LogP contribution in [0.1, 0.15) is 36.9 Å². The Morgan fingerprint density at radius 2 is 1.56 bits per heavy atom. The summed E-state index contributed by atoms with van der Waals surface area (Å²) in [6.45, 7) is 0.111. The Hall–Kier alpha value is -5.45. The molecule has 2 heterocycles. The summed E-state index contributed by atoms with van der Waals surface area (Å²) in [7, 11) is 0. The second-order valence-corrected chi connectivity index (χ2v) is 10.4. The predicted octanol–water partition coefficient (Wildman–Crippen LogP) is -1.54. The molecule has 1 aromatic carbocycles. The maximum absolute atomic E-state index is 13.4. The first-order valence-electron chi connectivity index (χ1n) is 14.1. The third kappa shape index (κ3) is 10.6. The van der Waals surface area contributed by atoms with E-state index in [0.29, 0.717) is 5.69 Å². The zero-order valence-corrected chi connectivity index (χ0v) is 24.4. The fraction of sp³-hybridized carbons (Fsp3) is 0.393. The third-order valence-electron chi connectivity index (χ3n) is 6.90. The van der Waals surface area contributed by atoms with E-state index in [9.17, 15) is 34.2 Å². The highest BCUT2D eigenvalue weighted by molar-refractivity contribution is 5.94. The van der Waals surface area contributed by atoms with Crippen molar-refractivity contribution in [2.24, 2.45) is 22.2 Å². The molecule has 0 radical (unpaired) electrons. The molecule has 0 spiro atoms. The molecule has 3 rings (SSSR count). The summed E-state index contributed by atoms with van der Waals surface area (Å²) in [5, 5.41) is 27.2. The number of hydrogen-bond acceptors (Lipinski definition) is 8. The number of carbonyl (C=O) groups is 5. The lowest BCUT2D eigenvalue weighted by Crippen LogP contribution is -2.57. The quantitative estimate of drug-likeness (QED) is 0.0438. The van der Waals surface area contributed by atoms with Gasteiger partial charge < -0.3 is 53.3 Å². The van der Waals surface area contributed by atoms with Crippen molar-refractivity contribution in [1.82, 2.24) is 30.9 Å². The number of imidazole rings is 1. The van der Waals surface area contributed by atoms with Gasteiger partial charge >= 0.3 is 11.9 Å². The average molecular weight is 627 g/mol. The number of aliphatic carboxylic acids is 2. The maximum Gasteiger partial charge on any atom is 0.326 e. The summed E-state index contributed by atoms with van der Waals surface area (Å²) in [5.74, 6) is -5.08. The van der Waals surface area contributed by atoms with Crippen molar-refractivity contribution in [3.05, 3.63) is 54.2 Å². The van der Waals surface area contributed by atoms with Crippen LogP contribution in [-0.2, 0) is 36.8 Å². The molecule has 0 bridgehead atoms. The number of aromatic amines is 2. The number of para-hydroxylation sites is 1. The second kappa shape index (κ2) is 16.4. The fourth-order valence-corrected chi connectivity index (χ4v) is 4.58. The minimum atomic E-state index is -1.36. The number of aromatic nitrogens is 3. The first kappa shape index (κ1) is 34.0. The van der Waals surface area contributed by atoms with Crippen LogP contribution in [0.3, 0.4) is 0 Å². The lowest BCUT2D eigenvalue weighted by Gasteiger charge is -2.25. The van der Waals surface area contributed by atoms with Gasteiger partial charge in [-0.2, -0.15) is 0 Å². The van der Waals surface area contributed by atoms with Crippen LogP contribution in [0.4, 0.5) is 0 Å². The summed E-state index contributed by atoms with van der Waals surface area (Å²) >= 11 is 0. The van der Waals surface area contributed by atoms with Crippen molar-refractivity contribution in [2.45, 2.75) is 62.7 Å². The highest BCUT2D eigenvalue weighted by Crippen LogP contribution is 2.19. The number of carbonyl (C=O) groups excluding carboxylic acids is 3. The Morgan fingerprint density at radius 3 is 2.20 bits per heavy atom. The number of nitrogens with one attached hydrogen (secondary N) is 5. The lowest BCUT2D eigenvalue weighted by atomic mass is 10.0. The molecule has 3 amide bonds. The predicted molar refractivity (Wildman–Crippen MR) is 162 cm³/mol. The van der Waals surface area contributed by atoms with Crippen LogP contribution in [0.25, 0.3) is 10.9 Å². The Morgan fingerprint density at radius 1 is 0.889 bits per heavy atom. The van der Waals surface area contributed by atoms with E-state index in [4.69, 9.17) is 17.2 Å². The Labute approximate surface area is 257 Å². The van der Waals surface area contributed by atoms with Gasteiger partial charge in [0.05, 0.1) is 12.4 Å². The van der Waals surface area contributed by atoms with Crippen LogP contribution in [0, 0.1) is 0 Å². The van der Waals surface area contributed by atoms with Gasteiger partial charge in [-0.05, 0) is 37.3 Å². The molecule has 2 aromatic heterocycles. The van der Waals surface area contributed by atoms with Gasteiger partial charge in [-0.1, -0.05) is 18.2 Å². The normalized spacial score (nSPS) is 13.6. The molecule has 17 nitrogen and oxygen atoms in total. The number of hydrogen-bond donors (Lipinski definition) is 10. The van der Waals surface area contributed by atoms with Gasteiger partial charge in [0.25, 0.3) is 0 Å². The molecular formula is C28H38N10O7. The van der Waals surface area contributed by atoms with E-state index >= 15 is 0 Å². The lowest BCUT2D eigenvalue weighted by molar-refractivity contribution is -0.142. The molecule has 13 N–H and O–H groups in total. The molecule has 242 valence electrons. The number of H-pyrrole nitrogens is 2. The van der Waals surface area contributed by atoms with Gasteiger partial charge in [-0.3, -0.25) is 24.2 Å². The number of guanidine groups is 1. The zero-order valence-electron chi connectivity index (χ0n) is 24.4. The highest BCUT2D eigenvalue weighted by atomic mass is 16.4. The standard InChI is InChI=1S/C28H38N10O7/c29-18(10-15-12-34-19-5-2-1-4-17(15)19)24(41)36-21(7-8-23(39)40)26(43)37-20(6-3-9-33-28(30)31)25(42)38-22(27(44)45)11-16-13-32-14-35-16/h1-2,4-5,12-14,18,20-22,34H,3,6-11,29H2,(H,32,35)(H,36,41)(H,37,43)(H,38,42)(H,39,40)(H,44,45)(H4,30,31,33). The molecule has 45 heavy (non-hydrogen) atoms. The number of carboxylic acids is 2. The summed E-state index contributed by atoms with van der Waals surface area (Å²) in [5.41, 5.74) is 19.0. The monoisotopic (exact) mass is 626 g/mol. The van der Waals surface area contributed by atoms with Crippen LogP contribution in [-0.4, -0.2) is 91.5 Å². The first-order valence-corrected chi connectivity index (χ1v) is 14.1. The van der Waals surface area contributed by atoms with Crippen molar-refractivity contribution in [3.63, 3.8) is 0 Å². The SMILES string of the molecule is NC(N)=NCCCC(NC(=O)C(CCC(=O)O)NC(=O)C(N)Cc1c[nH]c2ccccc12)C(=O)NC(Cc1cnc[nH]1)C(=O)O. The number of fused-ring (bicyclic) bond motifs is 1. The molecule has 0 aliphatic heterocycles. The van der Waals surface area contributed by atoms with E-state index in [1.807, 2.05) is 24.3 Å². The highest BCUT2D eigenvalue weighted by Gasteiger charge is 2.31. The number of carboxylic acid groups (broad SMARTS) is 2. The van der Waals surface area contributed by atoms with Crippen LogP contribution in [0.5, 0.6) is 0 Å². The largest absolute Gasteiger partial charge is 0.481 e. The molecular weight excluding hydrogens is 588 g/mol. The van der Waals surface area contributed by atoms with E-state index in [-0.39, 0.29) is 44.6 Å². The molecule has 4 unspecified atom stereocenters. The minimum Gasteiger partial charge on any atom is -0.481 e. The van der Waals surface area contributed by atoms with Gasteiger partial charge in [0.15, 0.2) is 5.96 Å². The fourth-order valence-electron chi connectivity index (χ4n) is 4.58. The van der Waals surface area contributed by atoms with Gasteiger partial charge in [0.1, 0.15) is 18.1 Å². The molecule has 0 saturated carbocycles. The van der Waals surface area contributed by atoms with Gasteiger partial charge in [0.2, 0.25) is 17.7 Å². The summed E-state index contributed by atoms with van der Waals surface area (Å²) in [6.07, 6.45) is 3.97.